The van der Waals surface area contributed by atoms with Gasteiger partial charge in [0.1, 0.15) is 13.2 Å². The molecule has 2 N–H and O–H groups in total. The maximum atomic E-state index is 13.5. The highest BCUT2D eigenvalue weighted by Gasteiger charge is 2.30. The fourth-order valence-electron chi connectivity index (χ4n) is 5.12. The standard InChI is InChI=1S/C33H36N4O6/c1-5-41-33(40)23-7-13-26-27(19-23)35-32(39)30(26)31(22-8-14-28-29(20-22)43-18-17-42-28)34-24-9-11-25(12-10-24)37(21(2)38)16-6-15-36(3)4/h7-14,19-20,34H,5-6,15-18H2,1-4H3,(H,35,39)/b31-30-. The third kappa shape index (κ3) is 6.65. The van der Waals surface area contributed by atoms with Crippen molar-refractivity contribution in [3.05, 3.63) is 77.4 Å². The number of ether oxygens (including phenoxy) is 3. The molecule has 2 aliphatic heterocycles. The minimum absolute atomic E-state index is 0.0278. The molecule has 0 saturated carbocycles. The summed E-state index contributed by atoms with van der Waals surface area (Å²) in [4.78, 5) is 42.1. The zero-order valence-corrected chi connectivity index (χ0v) is 24.9. The monoisotopic (exact) mass is 584 g/mol. The number of esters is 1. The Morgan fingerprint density at radius 1 is 0.930 bits per heavy atom. The van der Waals surface area contributed by atoms with Crippen LogP contribution in [0.1, 0.15) is 41.8 Å². The lowest BCUT2D eigenvalue weighted by atomic mass is 9.98. The van der Waals surface area contributed by atoms with E-state index in [1.54, 1.807) is 36.9 Å². The van der Waals surface area contributed by atoms with Crippen LogP contribution in [0, 0.1) is 0 Å². The van der Waals surface area contributed by atoms with E-state index in [1.165, 1.54) is 0 Å². The normalized spacial score (nSPS) is 14.6. The van der Waals surface area contributed by atoms with Crippen molar-refractivity contribution in [2.75, 3.05) is 62.5 Å². The van der Waals surface area contributed by atoms with Crippen LogP contribution < -0.4 is 25.0 Å². The highest BCUT2D eigenvalue weighted by atomic mass is 16.6. The lowest BCUT2D eigenvalue weighted by Gasteiger charge is -2.23. The first kappa shape index (κ1) is 29.7. The Morgan fingerprint density at radius 3 is 2.35 bits per heavy atom. The number of carbonyl (C=O) groups is 3. The summed E-state index contributed by atoms with van der Waals surface area (Å²) in [6.45, 7) is 5.95. The quantitative estimate of drug-likeness (QED) is 0.257. The predicted molar refractivity (Wildman–Crippen MR) is 167 cm³/mol. The number of carbonyl (C=O) groups excluding carboxylic acids is 3. The summed E-state index contributed by atoms with van der Waals surface area (Å²) in [7, 11) is 4.02. The molecule has 3 aromatic carbocycles. The molecule has 43 heavy (non-hydrogen) atoms. The molecule has 2 amide bonds. The first-order valence-corrected chi connectivity index (χ1v) is 14.3. The molecular formula is C33H36N4O6. The summed E-state index contributed by atoms with van der Waals surface area (Å²) < 4.78 is 16.7. The number of nitrogens with zero attached hydrogens (tertiary/aromatic N) is 2. The van der Waals surface area contributed by atoms with Crippen molar-refractivity contribution in [1.82, 2.24) is 4.90 Å². The highest BCUT2D eigenvalue weighted by molar-refractivity contribution is 6.37. The molecule has 0 fully saturated rings. The van der Waals surface area contributed by atoms with Gasteiger partial charge in [0.2, 0.25) is 5.91 Å². The summed E-state index contributed by atoms with van der Waals surface area (Å²) in [5.41, 5.74) is 4.73. The summed E-state index contributed by atoms with van der Waals surface area (Å²) in [6.07, 6.45) is 0.847. The van der Waals surface area contributed by atoms with Crippen molar-refractivity contribution in [3.8, 4) is 11.5 Å². The molecule has 224 valence electrons. The van der Waals surface area contributed by atoms with Crippen LogP contribution in [0.5, 0.6) is 11.5 Å². The third-order valence-electron chi connectivity index (χ3n) is 7.17. The van der Waals surface area contributed by atoms with Crippen molar-refractivity contribution >= 4 is 46.1 Å². The lowest BCUT2D eigenvalue weighted by Crippen LogP contribution is -2.31. The molecule has 10 nitrogen and oxygen atoms in total. The Bertz CT molecular complexity index is 1560. The second kappa shape index (κ2) is 13.0. The largest absolute Gasteiger partial charge is 0.486 e. The van der Waals surface area contributed by atoms with Gasteiger partial charge in [-0.2, -0.15) is 0 Å². The first-order chi connectivity index (χ1) is 20.7. The van der Waals surface area contributed by atoms with Gasteiger partial charge in [0.15, 0.2) is 11.5 Å². The average molecular weight is 585 g/mol. The van der Waals surface area contributed by atoms with E-state index in [1.807, 2.05) is 56.6 Å². The predicted octanol–water partition coefficient (Wildman–Crippen LogP) is 4.87. The average Bonchev–Trinajstić information content (AvgIpc) is 3.32. The second-order valence-corrected chi connectivity index (χ2v) is 10.5. The van der Waals surface area contributed by atoms with Gasteiger partial charge in [-0.1, -0.05) is 6.07 Å². The number of amides is 2. The number of hydrogen-bond donors (Lipinski definition) is 2. The highest BCUT2D eigenvalue weighted by Crippen LogP contribution is 2.40. The van der Waals surface area contributed by atoms with Crippen LogP contribution in [-0.2, 0) is 14.3 Å². The molecule has 0 spiro atoms. The Labute approximate surface area is 251 Å². The summed E-state index contributed by atoms with van der Waals surface area (Å²) in [5.74, 6) is 0.431. The van der Waals surface area contributed by atoms with E-state index in [2.05, 4.69) is 15.5 Å². The smallest absolute Gasteiger partial charge is 0.338 e. The molecular weight excluding hydrogens is 548 g/mol. The SMILES string of the molecule is CCOC(=O)c1ccc2c(c1)NC(=O)/C2=C(\Nc1ccc(N(CCCN(C)C)C(C)=O)cc1)c1ccc2c(c1)OCCO2. The molecule has 10 heteroatoms. The molecule has 2 heterocycles. The van der Waals surface area contributed by atoms with Crippen molar-refractivity contribution < 1.29 is 28.6 Å². The van der Waals surface area contributed by atoms with Gasteiger partial charge in [0, 0.05) is 36.0 Å². The molecule has 5 rings (SSSR count). The van der Waals surface area contributed by atoms with E-state index < -0.39 is 5.97 Å². The van der Waals surface area contributed by atoms with Gasteiger partial charge in [-0.05, 0) is 88.6 Å². The van der Waals surface area contributed by atoms with E-state index in [-0.39, 0.29) is 18.4 Å². The Morgan fingerprint density at radius 2 is 1.65 bits per heavy atom. The van der Waals surface area contributed by atoms with Crippen molar-refractivity contribution in [3.63, 3.8) is 0 Å². The lowest BCUT2D eigenvalue weighted by molar-refractivity contribution is -0.116. The zero-order chi connectivity index (χ0) is 30.5. The van der Waals surface area contributed by atoms with Crippen LogP contribution in [0.2, 0.25) is 0 Å². The topological polar surface area (TPSA) is 109 Å². The van der Waals surface area contributed by atoms with Gasteiger partial charge >= 0.3 is 5.97 Å². The molecule has 0 aromatic heterocycles. The molecule has 2 aliphatic rings. The number of nitrogens with one attached hydrogen (secondary N) is 2. The van der Waals surface area contributed by atoms with E-state index in [0.29, 0.717) is 59.3 Å². The Hall–Kier alpha value is -4.83. The maximum absolute atomic E-state index is 13.5. The maximum Gasteiger partial charge on any atom is 0.338 e. The molecule has 0 bridgehead atoms. The van der Waals surface area contributed by atoms with Crippen LogP contribution in [0.15, 0.2) is 60.7 Å². The van der Waals surface area contributed by atoms with E-state index >= 15 is 0 Å². The van der Waals surface area contributed by atoms with Crippen LogP contribution in [0.3, 0.4) is 0 Å². The molecule has 0 aliphatic carbocycles. The fraction of sp³-hybridized carbons (Fsp3) is 0.303. The van der Waals surface area contributed by atoms with Crippen molar-refractivity contribution in [2.24, 2.45) is 0 Å². The van der Waals surface area contributed by atoms with Gasteiger partial charge in [-0.25, -0.2) is 4.79 Å². The van der Waals surface area contributed by atoms with Gasteiger partial charge in [-0.15, -0.1) is 0 Å². The molecule has 0 unspecified atom stereocenters. The van der Waals surface area contributed by atoms with Crippen LogP contribution in [0.25, 0.3) is 11.3 Å². The number of anilines is 3. The molecule has 0 atom stereocenters. The Kier molecular flexibility index (Phi) is 8.96. The summed E-state index contributed by atoms with van der Waals surface area (Å²) >= 11 is 0. The van der Waals surface area contributed by atoms with Gasteiger partial charge < -0.3 is 34.6 Å². The van der Waals surface area contributed by atoms with Crippen LogP contribution >= 0.6 is 0 Å². The van der Waals surface area contributed by atoms with Gasteiger partial charge in [-0.3, -0.25) is 9.59 Å². The summed E-state index contributed by atoms with van der Waals surface area (Å²) in [5, 5.41) is 6.35. The molecule has 3 aromatic rings. The second-order valence-electron chi connectivity index (χ2n) is 10.5. The summed E-state index contributed by atoms with van der Waals surface area (Å²) in [6, 6.07) is 18.1. The number of rotatable bonds is 10. The van der Waals surface area contributed by atoms with Gasteiger partial charge in [0.25, 0.3) is 5.91 Å². The van der Waals surface area contributed by atoms with E-state index in [4.69, 9.17) is 14.2 Å². The third-order valence-corrected chi connectivity index (χ3v) is 7.17. The molecule has 0 saturated heterocycles. The van der Waals surface area contributed by atoms with E-state index in [0.717, 1.165) is 29.9 Å². The fourth-order valence-corrected chi connectivity index (χ4v) is 5.12. The van der Waals surface area contributed by atoms with Crippen molar-refractivity contribution in [1.29, 1.82) is 0 Å². The zero-order valence-electron chi connectivity index (χ0n) is 24.9. The minimum Gasteiger partial charge on any atom is -0.486 e. The minimum atomic E-state index is -0.455. The number of benzene rings is 3. The van der Waals surface area contributed by atoms with Gasteiger partial charge in [0.05, 0.1) is 29.1 Å². The first-order valence-electron chi connectivity index (χ1n) is 14.3. The van der Waals surface area contributed by atoms with Crippen molar-refractivity contribution in [2.45, 2.75) is 20.3 Å². The van der Waals surface area contributed by atoms with Crippen LogP contribution in [-0.4, -0.2) is 69.7 Å². The number of hydrogen-bond acceptors (Lipinski definition) is 8. The molecule has 0 radical (unpaired) electrons. The van der Waals surface area contributed by atoms with E-state index in [9.17, 15) is 14.4 Å². The van der Waals surface area contributed by atoms with Crippen LogP contribution in [0.4, 0.5) is 17.1 Å². The Balaban J connectivity index is 1.52. The number of fused-ring (bicyclic) bond motifs is 2.